The first-order valence-electron chi connectivity index (χ1n) is 4.48. The molecular formula is C10H12ClF2NO3. The molecule has 0 spiro atoms. The number of carboxylic acid groups (broad SMARTS) is 1. The van der Waals surface area contributed by atoms with Crippen molar-refractivity contribution in [2.24, 2.45) is 0 Å². The molecule has 17 heavy (non-hydrogen) atoms. The first-order valence-corrected chi connectivity index (χ1v) is 4.48. The zero-order valence-corrected chi connectivity index (χ0v) is 9.75. The third-order valence-corrected chi connectivity index (χ3v) is 2.21. The Balaban J connectivity index is 0.00000256. The fraction of sp³-hybridized carbons (Fsp3) is 0.300. The van der Waals surface area contributed by atoms with Crippen LogP contribution < -0.4 is 22.9 Å². The zero-order valence-electron chi connectivity index (χ0n) is 8.99. The molecule has 7 heteroatoms. The van der Waals surface area contributed by atoms with Crippen LogP contribution >= 0.6 is 0 Å². The summed E-state index contributed by atoms with van der Waals surface area (Å²) in [6, 6.07) is 2.93. The molecule has 0 fully saturated rings. The molecule has 0 bridgehead atoms. The van der Waals surface area contributed by atoms with Crippen molar-refractivity contribution in [2.45, 2.75) is 12.0 Å². The Bertz CT molecular complexity index is 384. The number of ether oxygens (including phenoxy) is 1. The highest BCUT2D eigenvalue weighted by Crippen LogP contribution is 2.31. The molecular weight excluding hydrogens is 256 g/mol. The number of carbonyl (C=O) groups is 1. The number of hydrogen-bond donors (Lipinski definition) is 2. The summed E-state index contributed by atoms with van der Waals surface area (Å²) >= 11 is 0. The number of carboxylic acids is 1. The molecule has 96 valence electrons. The van der Waals surface area contributed by atoms with Gasteiger partial charge in [-0.25, -0.2) is 4.79 Å². The Morgan fingerprint density at radius 3 is 2.24 bits per heavy atom. The second-order valence-corrected chi connectivity index (χ2v) is 3.24. The second-order valence-electron chi connectivity index (χ2n) is 3.24. The lowest BCUT2D eigenvalue weighted by Gasteiger charge is -2.18. The maximum absolute atomic E-state index is 13.6. The summed E-state index contributed by atoms with van der Waals surface area (Å²) in [4.78, 5) is 10.5. The van der Waals surface area contributed by atoms with E-state index in [0.29, 0.717) is 5.75 Å². The van der Waals surface area contributed by atoms with Crippen LogP contribution in [0.4, 0.5) is 8.78 Å². The van der Waals surface area contributed by atoms with Crippen molar-refractivity contribution in [3.63, 3.8) is 0 Å². The molecule has 0 amide bonds. The van der Waals surface area contributed by atoms with Crippen LogP contribution in [0.25, 0.3) is 0 Å². The predicted molar refractivity (Wildman–Crippen MR) is 51.2 cm³/mol. The van der Waals surface area contributed by atoms with Crippen LogP contribution in [0.3, 0.4) is 0 Å². The van der Waals surface area contributed by atoms with Gasteiger partial charge in [0.25, 0.3) is 6.04 Å². The topological polar surface area (TPSA) is 74.2 Å². The molecule has 0 aliphatic carbocycles. The highest BCUT2D eigenvalue weighted by Gasteiger charge is 2.47. The third-order valence-electron chi connectivity index (χ3n) is 2.21. The number of aliphatic carboxylic acids is 1. The van der Waals surface area contributed by atoms with Crippen molar-refractivity contribution in [3.8, 4) is 5.75 Å². The standard InChI is InChI=1S/C10H11F2NO3.ClH/c1-16-7-4-2-6(3-5-7)10(11,12)8(13)9(14)15;/h2-5,8H,13H2,1H3,(H,14,15);1H. The summed E-state index contributed by atoms with van der Waals surface area (Å²) < 4.78 is 31.9. The molecule has 0 saturated carbocycles. The van der Waals surface area contributed by atoms with E-state index in [0.717, 1.165) is 12.1 Å². The number of rotatable bonds is 4. The summed E-state index contributed by atoms with van der Waals surface area (Å²) in [7, 11) is 1.41. The molecule has 0 aliphatic heterocycles. The van der Waals surface area contributed by atoms with Crippen molar-refractivity contribution in [2.75, 3.05) is 7.11 Å². The van der Waals surface area contributed by atoms with E-state index in [-0.39, 0.29) is 12.4 Å². The highest BCUT2D eigenvalue weighted by molar-refractivity contribution is 5.73. The van der Waals surface area contributed by atoms with Gasteiger partial charge in [-0.05, 0) is 24.3 Å². The van der Waals surface area contributed by atoms with Gasteiger partial charge in [-0.3, -0.25) is 0 Å². The largest absolute Gasteiger partial charge is 1.00 e. The van der Waals surface area contributed by atoms with E-state index in [1.54, 1.807) is 0 Å². The van der Waals surface area contributed by atoms with E-state index >= 15 is 0 Å². The SMILES string of the molecule is COc1ccc(C(F)(F)C([NH3+])C(=O)O)cc1.[Cl-]. The van der Waals surface area contributed by atoms with Gasteiger partial charge in [-0.1, -0.05) is 0 Å². The Morgan fingerprint density at radius 1 is 1.41 bits per heavy atom. The van der Waals surface area contributed by atoms with Gasteiger partial charge in [0.05, 0.1) is 7.11 Å². The summed E-state index contributed by atoms with van der Waals surface area (Å²) in [5.41, 5.74) is 2.55. The molecule has 0 saturated heterocycles. The summed E-state index contributed by atoms with van der Waals surface area (Å²) in [6.07, 6.45) is 0. The predicted octanol–water partition coefficient (Wildman–Crippen LogP) is -2.51. The molecule has 1 aromatic carbocycles. The zero-order chi connectivity index (χ0) is 12.3. The minimum atomic E-state index is -3.50. The van der Waals surface area contributed by atoms with Crippen LogP contribution in [0, 0.1) is 0 Å². The first-order chi connectivity index (χ1) is 7.39. The average molecular weight is 268 g/mol. The van der Waals surface area contributed by atoms with Gasteiger partial charge in [0.2, 0.25) is 0 Å². The van der Waals surface area contributed by atoms with Crippen molar-refractivity contribution in [1.82, 2.24) is 0 Å². The molecule has 0 heterocycles. The number of benzene rings is 1. The summed E-state index contributed by atoms with van der Waals surface area (Å²) in [5, 5.41) is 8.51. The molecule has 4 nitrogen and oxygen atoms in total. The van der Waals surface area contributed by atoms with Crippen molar-refractivity contribution < 1.29 is 41.6 Å². The van der Waals surface area contributed by atoms with Crippen LogP contribution in [0.1, 0.15) is 5.56 Å². The number of halogens is 3. The Morgan fingerprint density at radius 2 is 1.88 bits per heavy atom. The van der Waals surface area contributed by atoms with Gasteiger partial charge < -0.3 is 28.0 Å². The lowest BCUT2D eigenvalue weighted by atomic mass is 10.0. The second kappa shape index (κ2) is 5.79. The van der Waals surface area contributed by atoms with Gasteiger partial charge in [0, 0.05) is 5.56 Å². The molecule has 1 rings (SSSR count). The van der Waals surface area contributed by atoms with Crippen molar-refractivity contribution >= 4 is 5.97 Å². The minimum absolute atomic E-state index is 0. The lowest BCUT2D eigenvalue weighted by molar-refractivity contribution is -0.451. The number of methoxy groups -OCH3 is 1. The summed E-state index contributed by atoms with van der Waals surface area (Å²) in [5.74, 6) is -4.71. The Labute approximate surface area is 103 Å². The van der Waals surface area contributed by atoms with Gasteiger partial charge in [0.1, 0.15) is 5.75 Å². The van der Waals surface area contributed by atoms with Crippen molar-refractivity contribution in [3.05, 3.63) is 29.8 Å². The average Bonchev–Trinajstić information content (AvgIpc) is 2.28. The third kappa shape index (κ3) is 3.28. The smallest absolute Gasteiger partial charge is 0.369 e. The van der Waals surface area contributed by atoms with E-state index in [1.807, 2.05) is 0 Å². The van der Waals surface area contributed by atoms with E-state index in [9.17, 15) is 13.6 Å². The van der Waals surface area contributed by atoms with Gasteiger partial charge in [0.15, 0.2) is 0 Å². The molecule has 1 aromatic rings. The molecule has 0 aromatic heterocycles. The van der Waals surface area contributed by atoms with E-state index in [4.69, 9.17) is 9.84 Å². The quantitative estimate of drug-likeness (QED) is 0.633. The maximum Gasteiger partial charge on any atom is 0.369 e. The van der Waals surface area contributed by atoms with E-state index < -0.39 is 23.5 Å². The van der Waals surface area contributed by atoms with Crippen molar-refractivity contribution in [1.29, 1.82) is 0 Å². The molecule has 0 aliphatic rings. The normalized spacial score (nSPS) is 12.5. The molecule has 1 unspecified atom stereocenters. The number of alkyl halides is 2. The van der Waals surface area contributed by atoms with Crippen LogP contribution in [0.2, 0.25) is 0 Å². The number of hydrogen-bond acceptors (Lipinski definition) is 2. The molecule has 4 N–H and O–H groups in total. The molecule has 0 radical (unpaired) electrons. The summed E-state index contributed by atoms with van der Waals surface area (Å²) in [6.45, 7) is 0. The monoisotopic (exact) mass is 267 g/mol. The van der Waals surface area contributed by atoms with Gasteiger partial charge in [-0.2, -0.15) is 8.78 Å². The van der Waals surface area contributed by atoms with Crippen LogP contribution in [0.5, 0.6) is 5.75 Å². The van der Waals surface area contributed by atoms with Crippen LogP contribution in [-0.2, 0) is 10.7 Å². The highest BCUT2D eigenvalue weighted by atomic mass is 35.5. The fourth-order valence-electron chi connectivity index (χ4n) is 1.17. The van der Waals surface area contributed by atoms with E-state index in [2.05, 4.69) is 5.73 Å². The maximum atomic E-state index is 13.6. The fourth-order valence-corrected chi connectivity index (χ4v) is 1.17. The van der Waals surface area contributed by atoms with E-state index in [1.165, 1.54) is 19.2 Å². The first kappa shape index (κ1) is 15.6. The van der Waals surface area contributed by atoms with Crippen LogP contribution in [-0.4, -0.2) is 24.2 Å². The number of quaternary nitrogens is 1. The Hall–Kier alpha value is -1.40. The van der Waals surface area contributed by atoms with Gasteiger partial charge in [-0.15, -0.1) is 0 Å². The van der Waals surface area contributed by atoms with Crippen LogP contribution in [0.15, 0.2) is 24.3 Å². The Kier molecular flexibility index (Phi) is 5.31. The van der Waals surface area contributed by atoms with Gasteiger partial charge >= 0.3 is 11.9 Å². The molecule has 1 atom stereocenters. The lowest BCUT2D eigenvalue weighted by Crippen LogP contribution is -3.00. The minimum Gasteiger partial charge on any atom is -1.00 e.